The van der Waals surface area contributed by atoms with Crippen molar-refractivity contribution in [2.24, 2.45) is 0 Å². The quantitative estimate of drug-likeness (QED) is 0.329. The molecule has 0 spiro atoms. The minimum atomic E-state index is -0.791. The second-order valence-corrected chi connectivity index (χ2v) is 7.31. The fourth-order valence-electron chi connectivity index (χ4n) is 2.58. The van der Waals surface area contributed by atoms with E-state index in [0.717, 1.165) is 0 Å². The maximum Gasteiger partial charge on any atom is 0.338 e. The van der Waals surface area contributed by atoms with Crippen LogP contribution in [0.1, 0.15) is 26.5 Å². The molecule has 0 fully saturated rings. The van der Waals surface area contributed by atoms with Crippen molar-refractivity contribution in [1.29, 1.82) is 0 Å². The lowest BCUT2D eigenvalue weighted by Gasteiger charge is -2.11. The highest BCUT2D eigenvalue weighted by Crippen LogP contribution is 2.19. The number of carbonyl (C=O) groups excluding carboxylic acids is 4. The molecule has 11 heteroatoms. The van der Waals surface area contributed by atoms with Gasteiger partial charge in [-0.25, -0.2) is 4.79 Å². The summed E-state index contributed by atoms with van der Waals surface area (Å²) in [7, 11) is 0. The predicted molar refractivity (Wildman–Crippen MR) is 121 cm³/mol. The second-order valence-electron chi connectivity index (χ2n) is 6.88. The van der Waals surface area contributed by atoms with E-state index in [1.54, 1.807) is 43.3 Å². The number of anilines is 1. The molecular weight excluding hydrogens is 466 g/mol. The maximum absolute atomic E-state index is 12.3. The summed E-state index contributed by atoms with van der Waals surface area (Å²) in [6.45, 7) is 0.760. The van der Waals surface area contributed by atoms with Gasteiger partial charge in [-0.15, -0.1) is 0 Å². The number of hydrogen-bond acceptors (Lipinski definition) is 7. The number of benzene rings is 2. The Balaban J connectivity index is 1.43. The first-order valence-electron chi connectivity index (χ1n) is 9.90. The monoisotopic (exact) mass is 485 g/mol. The van der Waals surface area contributed by atoms with Crippen LogP contribution in [-0.2, 0) is 14.3 Å². The van der Waals surface area contributed by atoms with Crippen LogP contribution in [0.4, 0.5) is 5.69 Å². The summed E-state index contributed by atoms with van der Waals surface area (Å²) in [5.74, 6) is -2.10. The number of hydrazine groups is 1. The van der Waals surface area contributed by atoms with E-state index < -0.39 is 30.3 Å². The van der Waals surface area contributed by atoms with Crippen molar-refractivity contribution in [2.45, 2.75) is 6.92 Å². The molecule has 3 N–H and O–H groups in total. The molecule has 2 aromatic carbocycles. The maximum atomic E-state index is 12.3. The fourth-order valence-corrected chi connectivity index (χ4v) is 2.71. The molecule has 1 aromatic heterocycles. The van der Waals surface area contributed by atoms with Gasteiger partial charge in [-0.1, -0.05) is 17.7 Å². The second kappa shape index (κ2) is 11.5. The molecule has 3 amide bonds. The first kappa shape index (κ1) is 24.3. The highest BCUT2D eigenvalue weighted by Gasteiger charge is 2.15. The van der Waals surface area contributed by atoms with Crippen LogP contribution < -0.4 is 20.9 Å². The summed E-state index contributed by atoms with van der Waals surface area (Å²) in [4.78, 5) is 48.1. The van der Waals surface area contributed by atoms with Crippen molar-refractivity contribution >= 4 is 41.0 Å². The lowest BCUT2D eigenvalue weighted by atomic mass is 10.1. The molecule has 1 heterocycles. The normalized spacial score (nSPS) is 10.2. The van der Waals surface area contributed by atoms with Gasteiger partial charge in [0.25, 0.3) is 17.7 Å². The predicted octanol–water partition coefficient (Wildman–Crippen LogP) is 2.88. The van der Waals surface area contributed by atoms with Gasteiger partial charge < -0.3 is 19.2 Å². The number of hydrogen-bond donors (Lipinski definition) is 3. The van der Waals surface area contributed by atoms with E-state index in [4.69, 9.17) is 25.5 Å². The third-order valence-corrected chi connectivity index (χ3v) is 4.58. The van der Waals surface area contributed by atoms with Crippen LogP contribution in [0.5, 0.6) is 5.75 Å². The van der Waals surface area contributed by atoms with Gasteiger partial charge in [0, 0.05) is 10.7 Å². The lowest BCUT2D eigenvalue weighted by Crippen LogP contribution is -2.45. The van der Waals surface area contributed by atoms with Gasteiger partial charge in [-0.2, -0.15) is 0 Å². The third kappa shape index (κ3) is 7.10. The molecule has 0 radical (unpaired) electrons. The molecule has 3 aromatic rings. The van der Waals surface area contributed by atoms with E-state index in [-0.39, 0.29) is 17.9 Å². The Morgan fingerprint density at radius 3 is 2.32 bits per heavy atom. The molecule has 0 aliphatic heterocycles. The number of rotatable bonds is 8. The summed E-state index contributed by atoms with van der Waals surface area (Å²) >= 11 is 5.77. The number of ether oxygens (including phenoxy) is 2. The van der Waals surface area contributed by atoms with E-state index in [1.807, 2.05) is 0 Å². The number of halogens is 1. The van der Waals surface area contributed by atoms with E-state index in [2.05, 4.69) is 16.2 Å². The SMILES string of the molecule is Cc1ccc(C(=O)OCC(=O)NNC(=O)COc2ccc(Cl)cc2)cc1NC(=O)c1ccco1. The molecule has 34 heavy (non-hydrogen) atoms. The van der Waals surface area contributed by atoms with Crippen LogP contribution >= 0.6 is 11.6 Å². The Bertz CT molecular complexity index is 1180. The summed E-state index contributed by atoms with van der Waals surface area (Å²) in [6, 6.07) is 14.0. The first-order chi connectivity index (χ1) is 16.3. The molecule has 0 atom stereocenters. The first-order valence-corrected chi connectivity index (χ1v) is 10.3. The van der Waals surface area contributed by atoms with Crippen molar-refractivity contribution in [2.75, 3.05) is 18.5 Å². The summed E-state index contributed by atoms with van der Waals surface area (Å²) in [5.41, 5.74) is 5.46. The van der Waals surface area contributed by atoms with Crippen LogP contribution in [0.2, 0.25) is 5.02 Å². The van der Waals surface area contributed by atoms with Crippen LogP contribution in [-0.4, -0.2) is 36.9 Å². The molecular formula is C23H20ClN3O7. The molecule has 0 unspecified atom stereocenters. The number of aryl methyl sites for hydroxylation is 1. The minimum absolute atomic E-state index is 0.115. The highest BCUT2D eigenvalue weighted by atomic mass is 35.5. The van der Waals surface area contributed by atoms with Gasteiger partial charge in [-0.3, -0.25) is 25.2 Å². The zero-order valence-electron chi connectivity index (χ0n) is 17.9. The van der Waals surface area contributed by atoms with Crippen molar-refractivity contribution in [1.82, 2.24) is 10.9 Å². The number of carbonyl (C=O) groups is 4. The molecule has 0 bridgehead atoms. The minimum Gasteiger partial charge on any atom is -0.484 e. The van der Waals surface area contributed by atoms with Gasteiger partial charge >= 0.3 is 5.97 Å². The summed E-state index contributed by atoms with van der Waals surface area (Å²) in [5, 5.41) is 3.17. The summed E-state index contributed by atoms with van der Waals surface area (Å²) in [6.07, 6.45) is 1.37. The Hall–Kier alpha value is -4.31. The largest absolute Gasteiger partial charge is 0.484 e. The molecule has 176 valence electrons. The van der Waals surface area contributed by atoms with E-state index in [0.29, 0.717) is 22.0 Å². The molecule has 0 saturated carbocycles. The van der Waals surface area contributed by atoms with Gasteiger partial charge in [0.1, 0.15) is 5.75 Å². The van der Waals surface area contributed by atoms with Gasteiger partial charge in [-0.05, 0) is 61.0 Å². The van der Waals surface area contributed by atoms with Crippen LogP contribution in [0.15, 0.2) is 65.3 Å². The van der Waals surface area contributed by atoms with Crippen molar-refractivity contribution in [3.05, 3.63) is 82.8 Å². The topological polar surface area (TPSA) is 136 Å². The number of amides is 3. The standard InChI is InChI=1S/C23H20ClN3O7/c1-14-4-5-15(11-18(14)25-22(30)19-3-2-10-32-19)23(31)34-13-21(29)27-26-20(28)12-33-17-8-6-16(24)7-9-17/h2-11H,12-13H2,1H3,(H,25,30)(H,26,28)(H,27,29). The van der Waals surface area contributed by atoms with Gasteiger partial charge in [0.2, 0.25) is 0 Å². The van der Waals surface area contributed by atoms with E-state index in [1.165, 1.54) is 24.5 Å². The van der Waals surface area contributed by atoms with E-state index in [9.17, 15) is 19.2 Å². The zero-order valence-corrected chi connectivity index (χ0v) is 18.7. The average molecular weight is 486 g/mol. The lowest BCUT2D eigenvalue weighted by molar-refractivity contribution is -0.131. The van der Waals surface area contributed by atoms with Gasteiger partial charge in [0.05, 0.1) is 11.8 Å². The van der Waals surface area contributed by atoms with Crippen molar-refractivity contribution in [3.63, 3.8) is 0 Å². The van der Waals surface area contributed by atoms with E-state index >= 15 is 0 Å². The molecule has 0 aliphatic carbocycles. The third-order valence-electron chi connectivity index (χ3n) is 4.33. The zero-order chi connectivity index (χ0) is 24.5. The number of nitrogens with one attached hydrogen (secondary N) is 3. The Morgan fingerprint density at radius 1 is 0.941 bits per heavy atom. The highest BCUT2D eigenvalue weighted by molar-refractivity contribution is 6.30. The fraction of sp³-hybridized carbons (Fsp3) is 0.130. The van der Waals surface area contributed by atoms with Crippen molar-refractivity contribution < 1.29 is 33.1 Å². The van der Waals surface area contributed by atoms with Crippen molar-refractivity contribution in [3.8, 4) is 5.75 Å². The number of furan rings is 1. The molecule has 3 rings (SSSR count). The Morgan fingerprint density at radius 2 is 1.65 bits per heavy atom. The average Bonchev–Trinajstić information content (AvgIpc) is 3.37. The molecule has 10 nitrogen and oxygen atoms in total. The molecule has 0 aliphatic rings. The Kier molecular flexibility index (Phi) is 8.25. The molecule has 0 saturated heterocycles. The number of esters is 1. The van der Waals surface area contributed by atoms with Crippen LogP contribution in [0, 0.1) is 6.92 Å². The van der Waals surface area contributed by atoms with Crippen LogP contribution in [0.3, 0.4) is 0 Å². The van der Waals surface area contributed by atoms with Crippen LogP contribution in [0.25, 0.3) is 0 Å². The van der Waals surface area contributed by atoms with Gasteiger partial charge in [0.15, 0.2) is 19.0 Å². The summed E-state index contributed by atoms with van der Waals surface area (Å²) < 4.78 is 15.2. The smallest absolute Gasteiger partial charge is 0.338 e. The Labute approximate surface area is 199 Å².